The van der Waals surface area contributed by atoms with Gasteiger partial charge in [0.05, 0.1) is 6.10 Å². The van der Waals surface area contributed by atoms with Crippen LogP contribution < -0.4 is 10.1 Å². The third kappa shape index (κ3) is 5.80. The van der Waals surface area contributed by atoms with Crippen molar-refractivity contribution in [3.63, 3.8) is 0 Å². The fourth-order valence-electron chi connectivity index (χ4n) is 1.89. The Labute approximate surface area is 141 Å². The van der Waals surface area contributed by atoms with E-state index in [9.17, 15) is 4.79 Å². The van der Waals surface area contributed by atoms with Gasteiger partial charge in [-0.1, -0.05) is 36.7 Å². The Kier molecular flexibility index (Phi) is 6.24. The highest BCUT2D eigenvalue weighted by atomic mass is 35.5. The molecule has 0 aliphatic rings. The molecule has 1 N–H and O–H groups in total. The van der Waals surface area contributed by atoms with Gasteiger partial charge in [-0.2, -0.15) is 0 Å². The molecule has 0 saturated heterocycles. The predicted octanol–water partition coefficient (Wildman–Crippen LogP) is 5.17. The minimum atomic E-state index is -0.194. The summed E-state index contributed by atoms with van der Waals surface area (Å²) in [6.07, 6.45) is 4.31. The Balaban J connectivity index is 1.97. The molecule has 0 radical (unpaired) electrons. The molecule has 2 aromatic carbocycles. The number of rotatable bonds is 6. The Hall–Kier alpha value is -2.26. The van der Waals surface area contributed by atoms with Gasteiger partial charge < -0.3 is 10.1 Å². The molecule has 0 fully saturated rings. The van der Waals surface area contributed by atoms with Crippen LogP contribution in [0, 0.1) is 0 Å². The SMILES string of the molecule is CCC(C)Oc1cccc(NC(=O)/C=C/c2ccc(Cl)cc2)c1. The molecule has 0 heterocycles. The fourth-order valence-corrected chi connectivity index (χ4v) is 2.02. The molecule has 1 amide bonds. The van der Waals surface area contributed by atoms with Crippen LogP contribution in [0.15, 0.2) is 54.6 Å². The molecule has 2 rings (SSSR count). The van der Waals surface area contributed by atoms with E-state index in [1.807, 2.05) is 43.3 Å². The van der Waals surface area contributed by atoms with Crippen molar-refractivity contribution in [2.24, 2.45) is 0 Å². The van der Waals surface area contributed by atoms with Crippen molar-refractivity contribution in [2.45, 2.75) is 26.4 Å². The predicted molar refractivity (Wildman–Crippen MR) is 95.9 cm³/mol. The number of ether oxygens (including phenoxy) is 1. The van der Waals surface area contributed by atoms with Crippen molar-refractivity contribution in [3.8, 4) is 5.75 Å². The van der Waals surface area contributed by atoms with Gasteiger partial charge in [-0.05, 0) is 49.2 Å². The van der Waals surface area contributed by atoms with Crippen LogP contribution >= 0.6 is 11.6 Å². The van der Waals surface area contributed by atoms with Gasteiger partial charge in [0, 0.05) is 22.9 Å². The number of benzene rings is 2. The molecule has 0 saturated carbocycles. The van der Waals surface area contributed by atoms with Crippen LogP contribution in [0.5, 0.6) is 5.75 Å². The summed E-state index contributed by atoms with van der Waals surface area (Å²) in [7, 11) is 0. The first-order valence-electron chi connectivity index (χ1n) is 7.58. The molecule has 120 valence electrons. The zero-order valence-corrected chi connectivity index (χ0v) is 14.0. The van der Waals surface area contributed by atoms with Crippen molar-refractivity contribution >= 4 is 29.3 Å². The lowest BCUT2D eigenvalue weighted by atomic mass is 10.2. The summed E-state index contributed by atoms with van der Waals surface area (Å²) in [4.78, 5) is 12.0. The summed E-state index contributed by atoms with van der Waals surface area (Å²) in [5.74, 6) is 0.555. The van der Waals surface area contributed by atoms with E-state index in [4.69, 9.17) is 16.3 Å². The van der Waals surface area contributed by atoms with Crippen LogP contribution in [0.4, 0.5) is 5.69 Å². The van der Waals surface area contributed by atoms with Crippen LogP contribution in [0.25, 0.3) is 6.08 Å². The molecule has 0 bridgehead atoms. The summed E-state index contributed by atoms with van der Waals surface area (Å²) >= 11 is 5.83. The number of anilines is 1. The monoisotopic (exact) mass is 329 g/mol. The van der Waals surface area contributed by atoms with E-state index < -0.39 is 0 Å². The first-order valence-corrected chi connectivity index (χ1v) is 7.96. The van der Waals surface area contributed by atoms with E-state index in [1.54, 1.807) is 18.2 Å². The maximum absolute atomic E-state index is 12.0. The van der Waals surface area contributed by atoms with Crippen LogP contribution in [-0.4, -0.2) is 12.0 Å². The highest BCUT2D eigenvalue weighted by molar-refractivity contribution is 6.30. The Bertz CT molecular complexity index is 680. The van der Waals surface area contributed by atoms with E-state index in [0.29, 0.717) is 10.7 Å². The highest BCUT2D eigenvalue weighted by Crippen LogP contribution is 2.19. The third-order valence-corrected chi connectivity index (χ3v) is 3.56. The number of carbonyl (C=O) groups excluding carboxylic acids is 1. The Morgan fingerprint density at radius 2 is 2.00 bits per heavy atom. The topological polar surface area (TPSA) is 38.3 Å². The van der Waals surface area contributed by atoms with Crippen molar-refractivity contribution in [1.29, 1.82) is 0 Å². The number of carbonyl (C=O) groups is 1. The Morgan fingerprint density at radius 3 is 2.70 bits per heavy atom. The third-order valence-electron chi connectivity index (χ3n) is 3.31. The molecule has 0 aliphatic carbocycles. The lowest BCUT2D eigenvalue weighted by Gasteiger charge is -2.13. The second kappa shape index (κ2) is 8.39. The molecule has 0 spiro atoms. The molecular formula is C19H20ClNO2. The number of hydrogen-bond donors (Lipinski definition) is 1. The minimum Gasteiger partial charge on any atom is -0.491 e. The second-order valence-corrected chi connectivity index (χ2v) is 5.68. The van der Waals surface area contributed by atoms with Crippen LogP contribution in [0.2, 0.25) is 5.02 Å². The quantitative estimate of drug-likeness (QED) is 0.742. The summed E-state index contributed by atoms with van der Waals surface area (Å²) in [6, 6.07) is 14.7. The van der Waals surface area contributed by atoms with Gasteiger partial charge in [0.2, 0.25) is 5.91 Å². The first kappa shape index (κ1) is 17.1. The zero-order valence-electron chi connectivity index (χ0n) is 13.3. The van der Waals surface area contributed by atoms with E-state index in [-0.39, 0.29) is 12.0 Å². The van der Waals surface area contributed by atoms with Crippen molar-refractivity contribution < 1.29 is 9.53 Å². The molecule has 4 heteroatoms. The summed E-state index contributed by atoms with van der Waals surface area (Å²) in [5.41, 5.74) is 1.62. The lowest BCUT2D eigenvalue weighted by molar-refractivity contribution is -0.111. The second-order valence-electron chi connectivity index (χ2n) is 5.24. The van der Waals surface area contributed by atoms with Gasteiger partial charge in [0.25, 0.3) is 0 Å². The molecule has 1 unspecified atom stereocenters. The normalized spacial score (nSPS) is 12.1. The summed E-state index contributed by atoms with van der Waals surface area (Å²) in [5, 5.41) is 3.49. The van der Waals surface area contributed by atoms with E-state index >= 15 is 0 Å². The largest absolute Gasteiger partial charge is 0.491 e. The Morgan fingerprint density at radius 1 is 1.26 bits per heavy atom. The number of amides is 1. The van der Waals surface area contributed by atoms with Gasteiger partial charge in [-0.3, -0.25) is 4.79 Å². The first-order chi connectivity index (χ1) is 11.1. The average Bonchev–Trinajstić information content (AvgIpc) is 2.54. The smallest absolute Gasteiger partial charge is 0.248 e. The maximum atomic E-state index is 12.0. The number of halogens is 1. The van der Waals surface area contributed by atoms with E-state index in [1.165, 1.54) is 6.08 Å². The summed E-state index contributed by atoms with van der Waals surface area (Å²) < 4.78 is 5.74. The highest BCUT2D eigenvalue weighted by Gasteiger charge is 2.03. The molecule has 3 nitrogen and oxygen atoms in total. The lowest BCUT2D eigenvalue weighted by Crippen LogP contribution is -2.11. The van der Waals surface area contributed by atoms with Gasteiger partial charge >= 0.3 is 0 Å². The molecule has 0 aliphatic heterocycles. The molecule has 1 atom stereocenters. The van der Waals surface area contributed by atoms with Gasteiger partial charge in [0.1, 0.15) is 5.75 Å². The van der Waals surface area contributed by atoms with Crippen LogP contribution in [-0.2, 0) is 4.79 Å². The molecule has 2 aromatic rings. The van der Waals surface area contributed by atoms with E-state index in [2.05, 4.69) is 12.2 Å². The molecular weight excluding hydrogens is 310 g/mol. The standard InChI is InChI=1S/C19H20ClNO2/c1-3-14(2)23-18-6-4-5-17(13-18)21-19(22)12-9-15-7-10-16(20)11-8-15/h4-14H,3H2,1-2H3,(H,21,22)/b12-9+. The maximum Gasteiger partial charge on any atom is 0.248 e. The van der Waals surface area contributed by atoms with Gasteiger partial charge in [-0.15, -0.1) is 0 Å². The average molecular weight is 330 g/mol. The van der Waals surface area contributed by atoms with E-state index in [0.717, 1.165) is 17.7 Å². The van der Waals surface area contributed by atoms with Crippen molar-refractivity contribution in [2.75, 3.05) is 5.32 Å². The van der Waals surface area contributed by atoms with Crippen LogP contribution in [0.3, 0.4) is 0 Å². The summed E-state index contributed by atoms with van der Waals surface area (Å²) in [6.45, 7) is 4.08. The van der Waals surface area contributed by atoms with Gasteiger partial charge in [0.15, 0.2) is 0 Å². The van der Waals surface area contributed by atoms with Crippen LogP contribution in [0.1, 0.15) is 25.8 Å². The number of hydrogen-bond acceptors (Lipinski definition) is 2. The van der Waals surface area contributed by atoms with Crippen molar-refractivity contribution in [3.05, 3.63) is 65.2 Å². The fraction of sp³-hybridized carbons (Fsp3) is 0.211. The molecule has 23 heavy (non-hydrogen) atoms. The number of nitrogens with one attached hydrogen (secondary N) is 1. The van der Waals surface area contributed by atoms with Gasteiger partial charge in [-0.25, -0.2) is 0 Å². The molecule has 0 aromatic heterocycles. The van der Waals surface area contributed by atoms with Crippen molar-refractivity contribution in [1.82, 2.24) is 0 Å². The minimum absolute atomic E-state index is 0.144. The zero-order chi connectivity index (χ0) is 16.7.